The maximum atomic E-state index is 8.94. The van der Waals surface area contributed by atoms with Gasteiger partial charge >= 0.3 is 0 Å². The van der Waals surface area contributed by atoms with Crippen LogP contribution in [-0.4, -0.2) is 12.6 Å². The number of nitrogens with one attached hydrogen (secondary N) is 1. The van der Waals surface area contributed by atoms with Gasteiger partial charge in [0.2, 0.25) is 0 Å². The minimum Gasteiger partial charge on any atom is -0.314 e. The largest absolute Gasteiger partial charge is 0.314 e. The Morgan fingerprint density at radius 2 is 2.08 bits per heavy atom. The van der Waals surface area contributed by atoms with E-state index in [1.807, 2.05) is 0 Å². The van der Waals surface area contributed by atoms with Crippen molar-refractivity contribution in [2.75, 3.05) is 6.54 Å². The third-order valence-corrected chi connectivity index (χ3v) is 3.04. The lowest BCUT2D eigenvalue weighted by Gasteiger charge is -2.32. The Balaban J connectivity index is 2.27. The van der Waals surface area contributed by atoms with E-state index in [-0.39, 0.29) is 5.41 Å². The Bertz CT molecular complexity index is 185. The van der Waals surface area contributed by atoms with E-state index in [4.69, 9.17) is 5.26 Å². The second-order valence-corrected chi connectivity index (χ2v) is 4.40. The van der Waals surface area contributed by atoms with Crippen LogP contribution in [0.5, 0.6) is 0 Å². The first-order chi connectivity index (χ1) is 6.20. The first-order valence-electron chi connectivity index (χ1n) is 5.35. The Morgan fingerprint density at radius 1 is 1.46 bits per heavy atom. The van der Waals surface area contributed by atoms with Gasteiger partial charge < -0.3 is 5.32 Å². The van der Waals surface area contributed by atoms with Crippen LogP contribution in [0.25, 0.3) is 0 Å². The summed E-state index contributed by atoms with van der Waals surface area (Å²) in [7, 11) is 0. The average Bonchev–Trinajstić information content (AvgIpc) is 2.17. The molecule has 2 nitrogen and oxygen atoms in total. The molecule has 74 valence electrons. The van der Waals surface area contributed by atoms with Crippen LogP contribution < -0.4 is 5.32 Å². The first-order valence-corrected chi connectivity index (χ1v) is 5.35. The topological polar surface area (TPSA) is 35.8 Å². The maximum absolute atomic E-state index is 8.94. The Kier molecular flexibility index (Phi) is 3.74. The summed E-state index contributed by atoms with van der Waals surface area (Å²) in [5.41, 5.74) is -0.0373. The second kappa shape index (κ2) is 4.62. The third-order valence-electron chi connectivity index (χ3n) is 3.04. The summed E-state index contributed by atoms with van der Waals surface area (Å²) in [6.45, 7) is 5.40. The maximum Gasteiger partial charge on any atom is 0.0686 e. The molecule has 0 spiro atoms. The fourth-order valence-electron chi connectivity index (χ4n) is 1.92. The van der Waals surface area contributed by atoms with Crippen LogP contribution in [0, 0.1) is 16.7 Å². The van der Waals surface area contributed by atoms with Crippen LogP contribution in [0.15, 0.2) is 0 Å². The van der Waals surface area contributed by atoms with Crippen molar-refractivity contribution in [3.8, 4) is 6.07 Å². The number of nitriles is 1. The van der Waals surface area contributed by atoms with Crippen molar-refractivity contribution in [2.24, 2.45) is 5.41 Å². The SMILES string of the molecule is CCCNC1CCC(C)(C#N)CC1. The average molecular weight is 180 g/mol. The molecule has 2 heteroatoms. The van der Waals surface area contributed by atoms with Crippen molar-refractivity contribution in [1.82, 2.24) is 5.32 Å². The molecule has 0 amide bonds. The fraction of sp³-hybridized carbons (Fsp3) is 0.909. The van der Waals surface area contributed by atoms with E-state index in [0.29, 0.717) is 6.04 Å². The molecular weight excluding hydrogens is 160 g/mol. The van der Waals surface area contributed by atoms with Gasteiger partial charge in [-0.3, -0.25) is 0 Å². The molecule has 0 saturated heterocycles. The van der Waals surface area contributed by atoms with Gasteiger partial charge in [-0.05, 0) is 45.6 Å². The van der Waals surface area contributed by atoms with Crippen LogP contribution >= 0.6 is 0 Å². The molecule has 0 aromatic carbocycles. The zero-order valence-electron chi connectivity index (χ0n) is 8.77. The quantitative estimate of drug-likeness (QED) is 0.724. The zero-order valence-corrected chi connectivity index (χ0v) is 8.77. The van der Waals surface area contributed by atoms with E-state index in [1.54, 1.807) is 0 Å². The van der Waals surface area contributed by atoms with Crippen molar-refractivity contribution >= 4 is 0 Å². The molecule has 1 aliphatic carbocycles. The number of hydrogen-bond acceptors (Lipinski definition) is 2. The van der Waals surface area contributed by atoms with Crippen LogP contribution in [0.3, 0.4) is 0 Å². The van der Waals surface area contributed by atoms with Crippen molar-refractivity contribution in [1.29, 1.82) is 5.26 Å². The summed E-state index contributed by atoms with van der Waals surface area (Å²) in [6.07, 6.45) is 5.66. The molecule has 0 heterocycles. The molecule has 0 aliphatic heterocycles. The molecule has 0 bridgehead atoms. The smallest absolute Gasteiger partial charge is 0.0686 e. The van der Waals surface area contributed by atoms with E-state index in [0.717, 1.165) is 19.4 Å². The van der Waals surface area contributed by atoms with E-state index < -0.39 is 0 Å². The molecule has 1 rings (SSSR count). The minimum atomic E-state index is -0.0373. The summed E-state index contributed by atoms with van der Waals surface area (Å²) < 4.78 is 0. The number of nitrogens with zero attached hydrogens (tertiary/aromatic N) is 1. The standard InChI is InChI=1S/C11H20N2/c1-3-8-13-10-4-6-11(2,9-12)7-5-10/h10,13H,3-8H2,1-2H3. The molecule has 1 fully saturated rings. The summed E-state index contributed by atoms with van der Waals surface area (Å²) in [5.74, 6) is 0. The van der Waals surface area contributed by atoms with Gasteiger partial charge in [0.1, 0.15) is 0 Å². The number of hydrogen-bond donors (Lipinski definition) is 1. The first kappa shape index (κ1) is 10.5. The predicted molar refractivity (Wildman–Crippen MR) is 54.3 cm³/mol. The van der Waals surface area contributed by atoms with Crippen molar-refractivity contribution in [3.05, 3.63) is 0 Å². The van der Waals surface area contributed by atoms with E-state index in [2.05, 4.69) is 25.2 Å². The summed E-state index contributed by atoms with van der Waals surface area (Å²) in [5, 5.41) is 12.5. The normalized spacial score (nSPS) is 34.1. The molecule has 0 unspecified atom stereocenters. The van der Waals surface area contributed by atoms with Crippen LogP contribution in [-0.2, 0) is 0 Å². The molecule has 13 heavy (non-hydrogen) atoms. The summed E-state index contributed by atoms with van der Waals surface area (Å²) in [4.78, 5) is 0. The Morgan fingerprint density at radius 3 is 2.54 bits per heavy atom. The highest BCUT2D eigenvalue weighted by atomic mass is 14.9. The molecule has 0 atom stereocenters. The highest BCUT2D eigenvalue weighted by molar-refractivity contribution is 4.99. The van der Waals surface area contributed by atoms with Gasteiger partial charge in [0.05, 0.1) is 11.5 Å². The van der Waals surface area contributed by atoms with Gasteiger partial charge in [0, 0.05) is 6.04 Å². The lowest BCUT2D eigenvalue weighted by Crippen LogP contribution is -2.36. The van der Waals surface area contributed by atoms with E-state index in [1.165, 1.54) is 19.3 Å². The zero-order chi connectivity index (χ0) is 9.73. The third kappa shape index (κ3) is 3.00. The van der Waals surface area contributed by atoms with Gasteiger partial charge in [-0.2, -0.15) is 5.26 Å². The van der Waals surface area contributed by atoms with Crippen molar-refractivity contribution in [3.63, 3.8) is 0 Å². The van der Waals surface area contributed by atoms with Crippen molar-refractivity contribution < 1.29 is 0 Å². The molecule has 1 aliphatic rings. The highest BCUT2D eigenvalue weighted by Crippen LogP contribution is 2.34. The van der Waals surface area contributed by atoms with E-state index in [9.17, 15) is 0 Å². The molecule has 0 aromatic heterocycles. The molecule has 1 saturated carbocycles. The van der Waals surface area contributed by atoms with Crippen LogP contribution in [0.4, 0.5) is 0 Å². The van der Waals surface area contributed by atoms with Gasteiger partial charge in [0.15, 0.2) is 0 Å². The lowest BCUT2D eigenvalue weighted by atomic mass is 9.75. The minimum absolute atomic E-state index is 0.0373. The monoisotopic (exact) mass is 180 g/mol. The molecule has 0 aromatic rings. The van der Waals surface area contributed by atoms with E-state index >= 15 is 0 Å². The van der Waals surface area contributed by atoms with Gasteiger partial charge in [-0.15, -0.1) is 0 Å². The second-order valence-electron chi connectivity index (χ2n) is 4.40. The van der Waals surface area contributed by atoms with Crippen molar-refractivity contribution in [2.45, 2.75) is 52.0 Å². The van der Waals surface area contributed by atoms with Crippen LogP contribution in [0.2, 0.25) is 0 Å². The predicted octanol–water partition coefficient (Wildman–Crippen LogP) is 2.46. The molecular formula is C11H20N2. The fourth-order valence-corrected chi connectivity index (χ4v) is 1.92. The molecule has 0 radical (unpaired) electrons. The number of rotatable bonds is 3. The Hall–Kier alpha value is -0.550. The summed E-state index contributed by atoms with van der Waals surface area (Å²) >= 11 is 0. The summed E-state index contributed by atoms with van der Waals surface area (Å²) in [6, 6.07) is 3.10. The molecule has 1 N–H and O–H groups in total. The van der Waals surface area contributed by atoms with Gasteiger partial charge in [-0.1, -0.05) is 6.92 Å². The van der Waals surface area contributed by atoms with Gasteiger partial charge in [0.25, 0.3) is 0 Å². The highest BCUT2D eigenvalue weighted by Gasteiger charge is 2.30. The Labute approximate surface area is 81.3 Å². The lowest BCUT2D eigenvalue weighted by molar-refractivity contribution is 0.246. The van der Waals surface area contributed by atoms with Crippen LogP contribution in [0.1, 0.15) is 46.0 Å². The van der Waals surface area contributed by atoms with Gasteiger partial charge in [-0.25, -0.2) is 0 Å².